The summed E-state index contributed by atoms with van der Waals surface area (Å²) in [6, 6.07) is 13.4. The number of aryl methyl sites for hydroxylation is 2. The highest BCUT2D eigenvalue weighted by Crippen LogP contribution is 2.37. The molecule has 0 amide bonds. The number of pyridine rings is 1. The number of nitrogens with zero attached hydrogens (tertiary/aromatic N) is 2. The lowest BCUT2D eigenvalue weighted by Crippen LogP contribution is -2.32. The zero-order valence-electron chi connectivity index (χ0n) is 16.7. The first-order valence-electron chi connectivity index (χ1n) is 10.8. The normalized spacial score (nSPS) is 20.0. The van der Waals surface area contributed by atoms with E-state index >= 15 is 0 Å². The van der Waals surface area contributed by atoms with Gasteiger partial charge in [-0.05, 0) is 73.5 Å². The maximum Gasteiger partial charge on any atom is 0.0740 e. The van der Waals surface area contributed by atoms with Gasteiger partial charge < -0.3 is 0 Å². The highest BCUT2D eigenvalue weighted by Gasteiger charge is 2.24. The monoisotopic (exact) mass is 360 g/mol. The molecule has 2 heteroatoms. The molecule has 1 fully saturated rings. The summed E-state index contributed by atoms with van der Waals surface area (Å²) in [6.07, 6.45) is 12.1. The average molecular weight is 361 g/mol. The van der Waals surface area contributed by atoms with E-state index in [1.54, 1.807) is 5.57 Å². The molecule has 0 spiro atoms. The topological polar surface area (TPSA) is 16.1 Å². The molecule has 0 unspecified atom stereocenters. The Morgan fingerprint density at radius 1 is 0.926 bits per heavy atom. The van der Waals surface area contributed by atoms with Crippen LogP contribution in [0.4, 0.5) is 0 Å². The molecule has 0 atom stereocenters. The Bertz CT molecular complexity index is 756. The van der Waals surface area contributed by atoms with Crippen molar-refractivity contribution < 1.29 is 0 Å². The lowest BCUT2D eigenvalue weighted by Gasteiger charge is -2.31. The Labute approximate surface area is 164 Å². The summed E-state index contributed by atoms with van der Waals surface area (Å²) in [6.45, 7) is 5.90. The molecule has 1 aromatic heterocycles. The fraction of sp³-hybridized carbons (Fsp3) is 0.480. The number of unbranched alkanes of at least 4 members (excludes halogenated alkanes) is 3. The zero-order chi connectivity index (χ0) is 18.5. The quantitative estimate of drug-likeness (QED) is 0.640. The van der Waals surface area contributed by atoms with Crippen molar-refractivity contribution >= 4 is 5.57 Å². The van der Waals surface area contributed by atoms with E-state index in [-0.39, 0.29) is 0 Å². The van der Waals surface area contributed by atoms with Crippen LogP contribution in [0.25, 0.3) is 5.57 Å². The number of fused-ring (bicyclic) bond motifs is 2. The second-order valence-electron chi connectivity index (χ2n) is 8.09. The van der Waals surface area contributed by atoms with Crippen molar-refractivity contribution in [2.45, 2.75) is 58.3 Å². The van der Waals surface area contributed by atoms with E-state index in [2.05, 4.69) is 48.2 Å². The Hall–Kier alpha value is -1.93. The standard InChI is InChI=1S/C25H32N2/c1-2-3-4-7-17-27-18-9-12-22(19-27)24-23-13-6-5-10-20(23)14-15-21-11-8-16-26-25(21)24/h5-6,8,10-11,13,16H,2-4,7,9,12,14-15,17-19H2,1H3. The summed E-state index contributed by atoms with van der Waals surface area (Å²) in [7, 11) is 0. The van der Waals surface area contributed by atoms with Gasteiger partial charge in [0, 0.05) is 18.3 Å². The fourth-order valence-electron chi connectivity index (χ4n) is 4.70. The minimum atomic E-state index is 1.09. The van der Waals surface area contributed by atoms with E-state index in [1.165, 1.54) is 79.6 Å². The zero-order valence-corrected chi connectivity index (χ0v) is 16.7. The minimum absolute atomic E-state index is 1.09. The number of hydrogen-bond donors (Lipinski definition) is 0. The average Bonchev–Trinajstić information content (AvgIpc) is 2.88. The van der Waals surface area contributed by atoms with Crippen LogP contribution in [-0.4, -0.2) is 29.5 Å². The van der Waals surface area contributed by atoms with Crippen molar-refractivity contribution in [1.82, 2.24) is 9.88 Å². The van der Waals surface area contributed by atoms with Gasteiger partial charge >= 0.3 is 0 Å². The first kappa shape index (κ1) is 18.4. The molecule has 2 aliphatic rings. The third-order valence-electron chi connectivity index (χ3n) is 6.13. The number of rotatable bonds is 5. The van der Waals surface area contributed by atoms with Crippen molar-refractivity contribution in [3.05, 3.63) is 70.6 Å². The van der Waals surface area contributed by atoms with Crippen molar-refractivity contribution in [2.75, 3.05) is 19.6 Å². The lowest BCUT2D eigenvalue weighted by molar-refractivity contribution is 0.260. The molecular weight excluding hydrogens is 328 g/mol. The van der Waals surface area contributed by atoms with E-state index in [4.69, 9.17) is 4.98 Å². The number of benzene rings is 1. The summed E-state index contributed by atoms with van der Waals surface area (Å²) in [5.74, 6) is 0. The largest absolute Gasteiger partial charge is 0.299 e. The Balaban J connectivity index is 1.68. The number of likely N-dealkylation sites (tertiary alicyclic amines) is 1. The molecule has 2 heterocycles. The molecular formula is C25H32N2. The van der Waals surface area contributed by atoms with Gasteiger partial charge in [0.25, 0.3) is 0 Å². The number of piperidine rings is 1. The van der Waals surface area contributed by atoms with Crippen molar-refractivity contribution in [3.63, 3.8) is 0 Å². The summed E-state index contributed by atoms with van der Waals surface area (Å²) in [4.78, 5) is 7.55. The molecule has 1 aliphatic heterocycles. The predicted octanol–water partition coefficient (Wildman–Crippen LogP) is 5.66. The Morgan fingerprint density at radius 2 is 1.78 bits per heavy atom. The van der Waals surface area contributed by atoms with Gasteiger partial charge in [0.05, 0.1) is 5.69 Å². The first-order chi connectivity index (χ1) is 13.4. The molecule has 2 nitrogen and oxygen atoms in total. The van der Waals surface area contributed by atoms with Crippen LogP contribution in [0.2, 0.25) is 0 Å². The van der Waals surface area contributed by atoms with Gasteiger partial charge in [-0.2, -0.15) is 0 Å². The maximum absolute atomic E-state index is 4.87. The number of aromatic nitrogens is 1. The van der Waals surface area contributed by atoms with Crippen molar-refractivity contribution in [2.24, 2.45) is 0 Å². The Kier molecular flexibility index (Phi) is 6.03. The molecule has 4 rings (SSSR count). The molecule has 0 saturated carbocycles. The van der Waals surface area contributed by atoms with Crippen molar-refractivity contribution in [1.29, 1.82) is 0 Å². The van der Waals surface area contributed by atoms with Crippen LogP contribution < -0.4 is 0 Å². The van der Waals surface area contributed by atoms with Gasteiger partial charge in [-0.15, -0.1) is 0 Å². The highest BCUT2D eigenvalue weighted by atomic mass is 15.1. The molecule has 0 N–H and O–H groups in total. The number of hydrogen-bond acceptors (Lipinski definition) is 2. The Morgan fingerprint density at radius 3 is 2.70 bits per heavy atom. The first-order valence-corrected chi connectivity index (χ1v) is 10.8. The molecule has 2 aromatic rings. The van der Waals surface area contributed by atoms with Crippen LogP contribution in [0.1, 0.15) is 67.8 Å². The summed E-state index contributed by atoms with van der Waals surface area (Å²) >= 11 is 0. The van der Waals surface area contributed by atoms with E-state index in [0.717, 1.165) is 19.4 Å². The third kappa shape index (κ3) is 4.16. The van der Waals surface area contributed by atoms with Gasteiger partial charge in [0.2, 0.25) is 0 Å². The SMILES string of the molecule is CCCCCCN1CCCC(=C2c3ccccc3CCc3cccnc32)C1. The van der Waals surface area contributed by atoms with Crippen LogP contribution >= 0.6 is 0 Å². The van der Waals surface area contributed by atoms with Gasteiger partial charge in [-0.1, -0.05) is 56.5 Å². The van der Waals surface area contributed by atoms with Crippen molar-refractivity contribution in [3.8, 4) is 0 Å². The molecule has 1 saturated heterocycles. The molecule has 27 heavy (non-hydrogen) atoms. The predicted molar refractivity (Wildman–Crippen MR) is 114 cm³/mol. The van der Waals surface area contributed by atoms with Crippen LogP contribution in [0.5, 0.6) is 0 Å². The van der Waals surface area contributed by atoms with Crippen LogP contribution in [-0.2, 0) is 12.8 Å². The summed E-state index contributed by atoms with van der Waals surface area (Å²) in [5, 5.41) is 0. The molecule has 1 aromatic carbocycles. The summed E-state index contributed by atoms with van der Waals surface area (Å²) in [5.41, 5.74) is 8.61. The van der Waals surface area contributed by atoms with Gasteiger partial charge in [-0.25, -0.2) is 0 Å². The molecule has 0 bridgehead atoms. The third-order valence-corrected chi connectivity index (χ3v) is 6.13. The summed E-state index contributed by atoms with van der Waals surface area (Å²) < 4.78 is 0. The second-order valence-corrected chi connectivity index (χ2v) is 8.09. The fourth-order valence-corrected chi connectivity index (χ4v) is 4.70. The lowest BCUT2D eigenvalue weighted by atomic mass is 9.89. The maximum atomic E-state index is 4.87. The van der Waals surface area contributed by atoms with Gasteiger partial charge in [0.15, 0.2) is 0 Å². The van der Waals surface area contributed by atoms with Crippen LogP contribution in [0.15, 0.2) is 48.2 Å². The van der Waals surface area contributed by atoms with Crippen LogP contribution in [0.3, 0.4) is 0 Å². The molecule has 1 aliphatic carbocycles. The van der Waals surface area contributed by atoms with E-state index in [1.807, 2.05) is 6.20 Å². The molecule has 0 radical (unpaired) electrons. The van der Waals surface area contributed by atoms with Crippen LogP contribution in [0, 0.1) is 0 Å². The molecule has 142 valence electrons. The highest BCUT2D eigenvalue weighted by molar-refractivity contribution is 5.84. The minimum Gasteiger partial charge on any atom is -0.299 e. The van der Waals surface area contributed by atoms with E-state index in [9.17, 15) is 0 Å². The van der Waals surface area contributed by atoms with E-state index in [0.29, 0.717) is 0 Å². The van der Waals surface area contributed by atoms with Gasteiger partial charge in [0.1, 0.15) is 0 Å². The second kappa shape index (κ2) is 8.84. The smallest absolute Gasteiger partial charge is 0.0740 e. The van der Waals surface area contributed by atoms with Gasteiger partial charge in [-0.3, -0.25) is 9.88 Å². The van der Waals surface area contributed by atoms with E-state index < -0.39 is 0 Å².